The van der Waals surface area contributed by atoms with Gasteiger partial charge in [0.2, 0.25) is 0 Å². The van der Waals surface area contributed by atoms with Crippen molar-refractivity contribution >= 4 is 0 Å². The molecule has 14 heavy (non-hydrogen) atoms. The lowest BCUT2D eigenvalue weighted by molar-refractivity contribution is 0.394. The van der Waals surface area contributed by atoms with E-state index in [1.807, 2.05) is 0 Å². The highest BCUT2D eigenvalue weighted by molar-refractivity contribution is 4.67. The molecule has 0 aromatic rings. The average molecular weight is 198 g/mol. The molecule has 1 rings (SSSR count). The standard InChI is InChI=1S/C12H26N2/c1-14(2)11-10-13-9-5-8-12-6-3-4-7-12/h12-13H,3-11H2,1-2H3. The van der Waals surface area contributed by atoms with Gasteiger partial charge in [-0.3, -0.25) is 0 Å². The first-order chi connectivity index (χ1) is 6.79. The van der Waals surface area contributed by atoms with Gasteiger partial charge in [-0.2, -0.15) is 0 Å². The Hall–Kier alpha value is -0.0800. The molecule has 0 bridgehead atoms. The first-order valence-electron chi connectivity index (χ1n) is 6.14. The molecule has 0 aromatic carbocycles. The maximum atomic E-state index is 3.50. The summed E-state index contributed by atoms with van der Waals surface area (Å²) in [6.45, 7) is 3.51. The van der Waals surface area contributed by atoms with E-state index in [9.17, 15) is 0 Å². The molecule has 1 fully saturated rings. The number of rotatable bonds is 7. The van der Waals surface area contributed by atoms with E-state index in [1.165, 1.54) is 45.1 Å². The van der Waals surface area contributed by atoms with Crippen molar-refractivity contribution < 1.29 is 0 Å². The van der Waals surface area contributed by atoms with Gasteiger partial charge >= 0.3 is 0 Å². The predicted molar refractivity (Wildman–Crippen MR) is 62.6 cm³/mol. The molecule has 1 saturated carbocycles. The van der Waals surface area contributed by atoms with Crippen molar-refractivity contribution in [2.24, 2.45) is 5.92 Å². The van der Waals surface area contributed by atoms with E-state index >= 15 is 0 Å². The van der Waals surface area contributed by atoms with Crippen LogP contribution in [0.5, 0.6) is 0 Å². The largest absolute Gasteiger partial charge is 0.315 e. The van der Waals surface area contributed by atoms with Crippen LogP contribution in [0.4, 0.5) is 0 Å². The maximum absolute atomic E-state index is 3.50. The molecule has 0 amide bonds. The van der Waals surface area contributed by atoms with E-state index in [0.29, 0.717) is 0 Å². The molecule has 1 N–H and O–H groups in total. The summed E-state index contributed by atoms with van der Waals surface area (Å²) in [6.07, 6.45) is 8.79. The molecular weight excluding hydrogens is 172 g/mol. The highest BCUT2D eigenvalue weighted by atomic mass is 15.1. The van der Waals surface area contributed by atoms with E-state index in [2.05, 4.69) is 24.3 Å². The summed E-state index contributed by atoms with van der Waals surface area (Å²) >= 11 is 0. The van der Waals surface area contributed by atoms with Crippen LogP contribution >= 0.6 is 0 Å². The van der Waals surface area contributed by atoms with Gasteiger partial charge in [0.05, 0.1) is 0 Å². The first kappa shape index (κ1) is 12.0. The number of likely N-dealkylation sites (N-methyl/N-ethyl adjacent to an activating group) is 1. The fourth-order valence-corrected chi connectivity index (χ4v) is 2.24. The van der Waals surface area contributed by atoms with Crippen LogP contribution in [-0.2, 0) is 0 Å². The molecule has 2 heteroatoms. The van der Waals surface area contributed by atoms with Crippen LogP contribution in [0, 0.1) is 5.92 Å². The van der Waals surface area contributed by atoms with E-state index in [-0.39, 0.29) is 0 Å². The predicted octanol–water partition coefficient (Wildman–Crippen LogP) is 2.11. The third-order valence-electron chi connectivity index (χ3n) is 3.18. The minimum absolute atomic E-state index is 1.06. The van der Waals surface area contributed by atoms with Crippen molar-refractivity contribution in [3.8, 4) is 0 Å². The van der Waals surface area contributed by atoms with Crippen molar-refractivity contribution in [2.75, 3.05) is 33.7 Å². The maximum Gasteiger partial charge on any atom is 0.0101 e. The topological polar surface area (TPSA) is 15.3 Å². The molecule has 1 aliphatic carbocycles. The lowest BCUT2D eigenvalue weighted by Crippen LogP contribution is -2.27. The van der Waals surface area contributed by atoms with Gasteiger partial charge in [0.25, 0.3) is 0 Å². The Labute approximate surface area is 89.1 Å². The second-order valence-corrected chi connectivity index (χ2v) is 4.85. The monoisotopic (exact) mass is 198 g/mol. The summed E-state index contributed by atoms with van der Waals surface area (Å²) in [5, 5.41) is 3.50. The molecule has 84 valence electrons. The highest BCUT2D eigenvalue weighted by Gasteiger charge is 2.13. The first-order valence-corrected chi connectivity index (χ1v) is 6.14. The Kier molecular flexibility index (Phi) is 6.20. The molecule has 0 radical (unpaired) electrons. The third-order valence-corrected chi connectivity index (χ3v) is 3.18. The van der Waals surface area contributed by atoms with Gasteiger partial charge in [0.15, 0.2) is 0 Å². The van der Waals surface area contributed by atoms with Crippen molar-refractivity contribution in [1.82, 2.24) is 10.2 Å². The van der Waals surface area contributed by atoms with Crippen LogP contribution in [0.25, 0.3) is 0 Å². The van der Waals surface area contributed by atoms with Gasteiger partial charge in [0.1, 0.15) is 0 Å². The zero-order valence-corrected chi connectivity index (χ0v) is 9.89. The van der Waals surface area contributed by atoms with Gasteiger partial charge in [-0.1, -0.05) is 25.7 Å². The number of nitrogens with zero attached hydrogens (tertiary/aromatic N) is 1. The molecular formula is C12H26N2. The van der Waals surface area contributed by atoms with Crippen LogP contribution in [0.1, 0.15) is 38.5 Å². The SMILES string of the molecule is CN(C)CCNCCCC1CCCC1. The Balaban J connectivity index is 1.79. The molecule has 2 nitrogen and oxygen atoms in total. The molecule has 0 heterocycles. The Bertz CT molecular complexity index is 128. The minimum Gasteiger partial charge on any atom is -0.315 e. The zero-order chi connectivity index (χ0) is 10.2. The fourth-order valence-electron chi connectivity index (χ4n) is 2.24. The lowest BCUT2D eigenvalue weighted by Gasteiger charge is -2.11. The number of nitrogens with one attached hydrogen (secondary N) is 1. The molecule has 0 unspecified atom stereocenters. The molecule has 0 saturated heterocycles. The van der Waals surface area contributed by atoms with Crippen LogP contribution in [0.15, 0.2) is 0 Å². The summed E-state index contributed by atoms with van der Waals surface area (Å²) < 4.78 is 0. The number of hydrogen-bond acceptors (Lipinski definition) is 2. The quantitative estimate of drug-likeness (QED) is 0.630. The Morgan fingerprint density at radius 3 is 2.50 bits per heavy atom. The number of hydrogen-bond donors (Lipinski definition) is 1. The molecule has 0 aromatic heterocycles. The summed E-state index contributed by atoms with van der Waals surface area (Å²) in [5.74, 6) is 1.06. The van der Waals surface area contributed by atoms with Gasteiger partial charge in [-0.05, 0) is 39.4 Å². The van der Waals surface area contributed by atoms with Crippen molar-refractivity contribution in [3.63, 3.8) is 0 Å². The van der Waals surface area contributed by atoms with Crippen LogP contribution < -0.4 is 5.32 Å². The molecule has 0 spiro atoms. The van der Waals surface area contributed by atoms with Gasteiger partial charge in [-0.25, -0.2) is 0 Å². The normalized spacial score (nSPS) is 18.2. The minimum atomic E-state index is 1.06. The zero-order valence-electron chi connectivity index (χ0n) is 9.89. The molecule has 0 atom stereocenters. The second-order valence-electron chi connectivity index (χ2n) is 4.85. The molecule has 1 aliphatic rings. The summed E-state index contributed by atoms with van der Waals surface area (Å²) in [4.78, 5) is 2.23. The average Bonchev–Trinajstić information content (AvgIpc) is 2.63. The van der Waals surface area contributed by atoms with E-state index in [1.54, 1.807) is 0 Å². The van der Waals surface area contributed by atoms with Gasteiger partial charge in [-0.15, -0.1) is 0 Å². The van der Waals surface area contributed by atoms with Crippen molar-refractivity contribution in [3.05, 3.63) is 0 Å². The summed E-state index contributed by atoms with van der Waals surface area (Å²) in [6, 6.07) is 0. The van der Waals surface area contributed by atoms with E-state index < -0.39 is 0 Å². The van der Waals surface area contributed by atoms with Crippen molar-refractivity contribution in [2.45, 2.75) is 38.5 Å². The van der Waals surface area contributed by atoms with Crippen LogP contribution in [0.3, 0.4) is 0 Å². The highest BCUT2D eigenvalue weighted by Crippen LogP contribution is 2.28. The Morgan fingerprint density at radius 2 is 1.86 bits per heavy atom. The summed E-state index contributed by atoms with van der Waals surface area (Å²) in [5.41, 5.74) is 0. The van der Waals surface area contributed by atoms with E-state index in [0.717, 1.165) is 19.0 Å². The fraction of sp³-hybridized carbons (Fsp3) is 1.00. The van der Waals surface area contributed by atoms with E-state index in [4.69, 9.17) is 0 Å². The summed E-state index contributed by atoms with van der Waals surface area (Å²) in [7, 11) is 4.25. The van der Waals surface area contributed by atoms with Gasteiger partial charge < -0.3 is 10.2 Å². The van der Waals surface area contributed by atoms with Crippen molar-refractivity contribution in [1.29, 1.82) is 0 Å². The lowest BCUT2D eigenvalue weighted by atomic mass is 10.0. The Morgan fingerprint density at radius 1 is 1.14 bits per heavy atom. The van der Waals surface area contributed by atoms with Crippen LogP contribution in [-0.4, -0.2) is 38.6 Å². The van der Waals surface area contributed by atoms with Crippen LogP contribution in [0.2, 0.25) is 0 Å². The smallest absolute Gasteiger partial charge is 0.0101 e. The second kappa shape index (κ2) is 7.24. The van der Waals surface area contributed by atoms with Gasteiger partial charge in [0, 0.05) is 13.1 Å². The molecule has 0 aliphatic heterocycles. The third kappa shape index (κ3) is 5.61.